The van der Waals surface area contributed by atoms with Crippen LogP contribution in [-0.4, -0.2) is 15.0 Å². The molecule has 1 atom stereocenters. The molecule has 0 fully saturated rings. The van der Waals surface area contributed by atoms with Gasteiger partial charge in [-0.25, -0.2) is 13.8 Å². The van der Waals surface area contributed by atoms with E-state index in [1.54, 1.807) is 42.5 Å². The number of nitrogens with zero attached hydrogens (tertiary/aromatic N) is 2. The predicted octanol–water partition coefficient (Wildman–Crippen LogP) is 7.51. The first-order valence-electron chi connectivity index (χ1n) is 11.1. The highest BCUT2D eigenvalue weighted by atomic mass is 35.5. The SMILES string of the molecule is Fc1cc(C(F)(F)F)cc(C(Cc2ccccc2)(Nc2nc3ccc(F)cc3[nH]2)c2ccc(Cl)cn2)c1. The summed E-state index contributed by atoms with van der Waals surface area (Å²) in [5, 5.41) is 3.49. The number of halogens is 6. The van der Waals surface area contributed by atoms with Crippen LogP contribution in [0, 0.1) is 11.6 Å². The van der Waals surface area contributed by atoms with Gasteiger partial charge in [-0.05, 0) is 59.7 Å². The Morgan fingerprint density at radius 2 is 1.59 bits per heavy atom. The Labute approximate surface area is 213 Å². The van der Waals surface area contributed by atoms with E-state index in [1.165, 1.54) is 24.4 Å². The van der Waals surface area contributed by atoms with Crippen LogP contribution in [0.5, 0.6) is 0 Å². The molecule has 2 N–H and O–H groups in total. The fourth-order valence-corrected chi connectivity index (χ4v) is 4.41. The quantitative estimate of drug-likeness (QED) is 0.224. The summed E-state index contributed by atoms with van der Waals surface area (Å²) in [5.74, 6) is -1.42. The molecule has 4 nitrogen and oxygen atoms in total. The zero-order valence-electron chi connectivity index (χ0n) is 19.0. The topological polar surface area (TPSA) is 53.6 Å². The Morgan fingerprint density at radius 3 is 2.30 bits per heavy atom. The number of H-pyrrole nitrogens is 1. The van der Waals surface area contributed by atoms with Crippen molar-refractivity contribution in [3.8, 4) is 0 Å². The van der Waals surface area contributed by atoms with Crippen LogP contribution in [0.25, 0.3) is 11.0 Å². The molecule has 188 valence electrons. The first kappa shape index (κ1) is 24.7. The van der Waals surface area contributed by atoms with Crippen molar-refractivity contribution in [3.05, 3.63) is 124 Å². The van der Waals surface area contributed by atoms with Crippen LogP contribution < -0.4 is 5.32 Å². The highest BCUT2D eigenvalue weighted by Gasteiger charge is 2.40. The van der Waals surface area contributed by atoms with E-state index in [1.807, 2.05) is 0 Å². The summed E-state index contributed by atoms with van der Waals surface area (Å²) in [5.41, 5.74) is -0.932. The predicted molar refractivity (Wildman–Crippen MR) is 131 cm³/mol. The van der Waals surface area contributed by atoms with E-state index in [0.29, 0.717) is 22.1 Å². The number of hydrogen-bond acceptors (Lipinski definition) is 3. The third-order valence-electron chi connectivity index (χ3n) is 5.97. The molecule has 0 spiro atoms. The molecule has 0 amide bonds. The molecule has 0 saturated carbocycles. The van der Waals surface area contributed by atoms with Gasteiger partial charge in [0.25, 0.3) is 0 Å². The third-order valence-corrected chi connectivity index (χ3v) is 6.19. The number of nitrogens with one attached hydrogen (secondary N) is 2. The number of alkyl halides is 3. The van der Waals surface area contributed by atoms with Crippen molar-refractivity contribution in [2.24, 2.45) is 0 Å². The molecule has 0 bridgehead atoms. The van der Waals surface area contributed by atoms with Gasteiger partial charge in [-0.1, -0.05) is 41.9 Å². The Balaban J connectivity index is 1.77. The van der Waals surface area contributed by atoms with Crippen LogP contribution in [0.2, 0.25) is 5.02 Å². The van der Waals surface area contributed by atoms with Gasteiger partial charge in [-0.15, -0.1) is 0 Å². The van der Waals surface area contributed by atoms with E-state index in [4.69, 9.17) is 11.6 Å². The second-order valence-corrected chi connectivity index (χ2v) is 8.96. The molecule has 2 aromatic heterocycles. The molecule has 0 aliphatic heterocycles. The van der Waals surface area contributed by atoms with E-state index in [9.17, 15) is 22.0 Å². The summed E-state index contributed by atoms with van der Waals surface area (Å²) in [6.07, 6.45) is -3.37. The van der Waals surface area contributed by atoms with Gasteiger partial charge in [-0.2, -0.15) is 13.2 Å². The molecule has 1 unspecified atom stereocenters. The first-order valence-corrected chi connectivity index (χ1v) is 11.5. The monoisotopic (exact) mass is 528 g/mol. The minimum absolute atomic E-state index is 0.0369. The van der Waals surface area contributed by atoms with Crippen molar-refractivity contribution in [3.63, 3.8) is 0 Å². The van der Waals surface area contributed by atoms with Gasteiger partial charge in [0.15, 0.2) is 0 Å². The number of benzene rings is 3. The van der Waals surface area contributed by atoms with E-state index in [0.717, 1.165) is 17.7 Å². The number of anilines is 1. The van der Waals surface area contributed by atoms with E-state index >= 15 is 0 Å². The number of pyridine rings is 1. The minimum atomic E-state index is -4.79. The van der Waals surface area contributed by atoms with Gasteiger partial charge in [-0.3, -0.25) is 4.98 Å². The third kappa shape index (κ3) is 5.13. The molecule has 3 aromatic carbocycles. The lowest BCUT2D eigenvalue weighted by Gasteiger charge is -2.35. The van der Waals surface area contributed by atoms with Gasteiger partial charge in [0.2, 0.25) is 5.95 Å². The van der Waals surface area contributed by atoms with Gasteiger partial charge >= 0.3 is 6.18 Å². The number of hydrogen-bond donors (Lipinski definition) is 2. The van der Waals surface area contributed by atoms with E-state index in [-0.39, 0.29) is 23.6 Å². The summed E-state index contributed by atoms with van der Waals surface area (Å²) in [7, 11) is 0. The molecular formula is C27H18ClF5N4. The number of aromatic amines is 1. The normalized spacial score (nSPS) is 13.5. The number of imidazole rings is 1. The molecular weight excluding hydrogens is 511 g/mol. The fourth-order valence-electron chi connectivity index (χ4n) is 4.29. The lowest BCUT2D eigenvalue weighted by atomic mass is 9.80. The van der Waals surface area contributed by atoms with Crippen LogP contribution in [0.1, 0.15) is 22.4 Å². The summed E-state index contributed by atoms with van der Waals surface area (Å²) in [4.78, 5) is 11.8. The zero-order valence-corrected chi connectivity index (χ0v) is 19.7. The summed E-state index contributed by atoms with van der Waals surface area (Å²) < 4.78 is 69.8. The van der Waals surface area contributed by atoms with Gasteiger partial charge in [0, 0.05) is 12.6 Å². The standard InChI is InChI=1S/C27H18ClF5N4/c28-19-6-9-24(34-15-19)26(14-16-4-2-1-3-5-16,17-10-18(27(31,32)33)12-21(30)11-17)37-25-35-22-8-7-20(29)13-23(22)36-25/h1-13,15H,14H2,(H2,35,36,37). The largest absolute Gasteiger partial charge is 0.416 e. The maximum absolute atomic E-state index is 14.7. The Bertz CT molecular complexity index is 1550. The van der Waals surface area contributed by atoms with Crippen LogP contribution in [0.4, 0.5) is 27.9 Å². The number of rotatable bonds is 6. The van der Waals surface area contributed by atoms with Crippen LogP contribution in [-0.2, 0) is 18.1 Å². The van der Waals surface area contributed by atoms with Crippen molar-refractivity contribution >= 4 is 28.6 Å². The van der Waals surface area contributed by atoms with Crippen molar-refractivity contribution in [1.82, 2.24) is 15.0 Å². The zero-order chi connectivity index (χ0) is 26.2. The Morgan fingerprint density at radius 1 is 0.838 bits per heavy atom. The summed E-state index contributed by atoms with van der Waals surface area (Å²) >= 11 is 6.06. The first-order chi connectivity index (χ1) is 17.6. The van der Waals surface area contributed by atoms with Gasteiger partial charge in [0.1, 0.15) is 17.2 Å². The van der Waals surface area contributed by atoms with Gasteiger partial charge in [0.05, 0.1) is 27.3 Å². The van der Waals surface area contributed by atoms with Crippen LogP contribution >= 0.6 is 11.6 Å². The van der Waals surface area contributed by atoms with Crippen LogP contribution in [0.15, 0.2) is 85.1 Å². The maximum Gasteiger partial charge on any atom is 0.416 e. The average molecular weight is 529 g/mol. The molecule has 10 heteroatoms. The molecule has 0 aliphatic carbocycles. The molecule has 0 saturated heterocycles. The second kappa shape index (κ2) is 9.48. The van der Waals surface area contributed by atoms with Crippen molar-refractivity contribution in [2.45, 2.75) is 18.1 Å². The number of fused-ring (bicyclic) bond motifs is 1. The molecule has 5 aromatic rings. The number of aromatic nitrogens is 3. The summed E-state index contributed by atoms with van der Waals surface area (Å²) in [6, 6.07) is 18.4. The summed E-state index contributed by atoms with van der Waals surface area (Å²) in [6.45, 7) is 0. The van der Waals surface area contributed by atoms with Crippen molar-refractivity contribution in [1.29, 1.82) is 0 Å². The Kier molecular flexibility index (Phi) is 6.33. The lowest BCUT2D eigenvalue weighted by molar-refractivity contribution is -0.137. The maximum atomic E-state index is 14.7. The molecule has 0 radical (unpaired) electrons. The van der Waals surface area contributed by atoms with Gasteiger partial charge < -0.3 is 10.3 Å². The molecule has 5 rings (SSSR count). The average Bonchev–Trinajstić information content (AvgIpc) is 3.25. The second-order valence-electron chi connectivity index (χ2n) is 8.53. The van der Waals surface area contributed by atoms with Crippen LogP contribution in [0.3, 0.4) is 0 Å². The lowest BCUT2D eigenvalue weighted by Crippen LogP contribution is -2.40. The highest BCUT2D eigenvalue weighted by Crippen LogP contribution is 2.40. The smallest absolute Gasteiger partial charge is 0.340 e. The molecule has 37 heavy (non-hydrogen) atoms. The van der Waals surface area contributed by atoms with Crippen molar-refractivity contribution < 1.29 is 22.0 Å². The van der Waals surface area contributed by atoms with E-state index in [2.05, 4.69) is 20.3 Å². The van der Waals surface area contributed by atoms with Crippen molar-refractivity contribution in [2.75, 3.05) is 5.32 Å². The highest BCUT2D eigenvalue weighted by molar-refractivity contribution is 6.30. The fraction of sp³-hybridized carbons (Fsp3) is 0.111. The Hall–Kier alpha value is -3.98. The minimum Gasteiger partial charge on any atom is -0.340 e. The molecule has 0 aliphatic rings. The molecule has 2 heterocycles. The van der Waals surface area contributed by atoms with E-state index < -0.39 is 28.9 Å².